The molecule has 2 aliphatic rings. The third kappa shape index (κ3) is 5.81. The fraction of sp³-hybridized carbons (Fsp3) is 0.273. The summed E-state index contributed by atoms with van der Waals surface area (Å²) in [4.78, 5) is 15.2. The number of rotatable bonds is 7. The Kier molecular flexibility index (Phi) is 7.28. The maximum absolute atomic E-state index is 12.7. The Morgan fingerprint density at radius 2 is 1.72 bits per heavy atom. The number of nitrogens with one attached hydrogen (secondary N) is 2. The number of benzene rings is 3. The molecule has 0 spiro atoms. The quantitative estimate of drug-likeness (QED) is 0.279. The molecule has 0 saturated carbocycles. The first kappa shape index (κ1) is 25.1. The maximum atomic E-state index is 12.7. The molecule has 2 aliphatic heterocycles. The van der Waals surface area contributed by atoms with Crippen molar-refractivity contribution in [3.05, 3.63) is 100 Å². The van der Waals surface area contributed by atoms with E-state index in [4.69, 9.17) is 4.74 Å². The molecule has 6 heteroatoms. The van der Waals surface area contributed by atoms with E-state index in [-0.39, 0.29) is 11.9 Å². The Morgan fingerprint density at radius 1 is 0.949 bits per heavy atom. The van der Waals surface area contributed by atoms with Crippen LogP contribution >= 0.6 is 0 Å². The van der Waals surface area contributed by atoms with Crippen LogP contribution in [0.15, 0.2) is 72.3 Å². The normalized spacial score (nSPS) is 19.3. The highest BCUT2D eigenvalue weighted by molar-refractivity contribution is 6.01. The van der Waals surface area contributed by atoms with Crippen LogP contribution < -0.4 is 10.1 Å². The zero-order valence-electron chi connectivity index (χ0n) is 22.3. The Bertz CT molecular complexity index is 1510. The number of fused-ring (bicyclic) bond motifs is 1. The molecule has 1 atom stereocenters. The fourth-order valence-corrected chi connectivity index (χ4v) is 5.54. The van der Waals surface area contributed by atoms with Gasteiger partial charge in [0.05, 0.1) is 24.4 Å². The lowest BCUT2D eigenvalue weighted by Gasteiger charge is -2.26. The summed E-state index contributed by atoms with van der Waals surface area (Å²) in [5.41, 5.74) is 7.21. The van der Waals surface area contributed by atoms with Gasteiger partial charge in [0.15, 0.2) is 0 Å². The van der Waals surface area contributed by atoms with E-state index in [2.05, 4.69) is 69.0 Å². The Hall–Kier alpha value is -4.16. The average molecular weight is 519 g/mol. The molecule has 2 N–H and O–H groups in total. The second-order valence-corrected chi connectivity index (χ2v) is 10.5. The summed E-state index contributed by atoms with van der Waals surface area (Å²) in [6, 6.07) is 22.8. The number of likely N-dealkylation sites (tertiary alicyclic amines) is 1. The van der Waals surface area contributed by atoms with Gasteiger partial charge in [-0.1, -0.05) is 55.0 Å². The molecule has 3 heterocycles. The molecular formula is C33H34N4O2. The van der Waals surface area contributed by atoms with E-state index < -0.39 is 0 Å². The van der Waals surface area contributed by atoms with Gasteiger partial charge < -0.3 is 10.1 Å². The van der Waals surface area contributed by atoms with Gasteiger partial charge in [0.2, 0.25) is 5.91 Å². The molecule has 39 heavy (non-hydrogen) atoms. The van der Waals surface area contributed by atoms with Crippen molar-refractivity contribution >= 4 is 35.0 Å². The van der Waals surface area contributed by atoms with E-state index in [1.165, 1.54) is 37.9 Å². The molecule has 0 bridgehead atoms. The van der Waals surface area contributed by atoms with Crippen LogP contribution in [0, 0.1) is 0 Å². The third-order valence-corrected chi connectivity index (χ3v) is 7.76. The fourth-order valence-electron chi connectivity index (χ4n) is 5.54. The molecule has 1 aromatic heterocycles. The van der Waals surface area contributed by atoms with Gasteiger partial charge in [-0.15, -0.1) is 0 Å². The van der Waals surface area contributed by atoms with E-state index in [1.54, 1.807) is 7.11 Å². The standard InChI is InChI=1S/C33H34N4O2/c1-39-28-13-11-26(12-14-28)31-21-27(33(38)34-31)19-25-9-15-29-30(35-36-32(29)20-25)16-10-23-5-7-24(8-6-23)22-37-17-3-2-4-18-37/h5-16,19-20,31H,2-4,17-18,21-22H2,1H3,(H,34,38)(H,35,36)/b16-10?,27-19+. The summed E-state index contributed by atoms with van der Waals surface area (Å²) >= 11 is 0. The minimum Gasteiger partial charge on any atom is -0.497 e. The summed E-state index contributed by atoms with van der Waals surface area (Å²) in [5.74, 6) is 0.785. The molecule has 6 nitrogen and oxygen atoms in total. The van der Waals surface area contributed by atoms with Crippen molar-refractivity contribution < 1.29 is 9.53 Å². The molecular weight excluding hydrogens is 484 g/mol. The van der Waals surface area contributed by atoms with Gasteiger partial charge in [-0.05, 0) is 84.6 Å². The molecule has 0 aliphatic carbocycles. The van der Waals surface area contributed by atoms with Crippen LogP contribution in [0.2, 0.25) is 0 Å². The van der Waals surface area contributed by atoms with Gasteiger partial charge in [-0.25, -0.2) is 0 Å². The average Bonchev–Trinajstić information content (AvgIpc) is 3.55. The van der Waals surface area contributed by atoms with E-state index in [1.807, 2.05) is 36.4 Å². The van der Waals surface area contributed by atoms with Gasteiger partial charge in [0.1, 0.15) is 5.75 Å². The lowest BCUT2D eigenvalue weighted by atomic mass is 10.0. The first-order valence-electron chi connectivity index (χ1n) is 13.8. The highest BCUT2D eigenvalue weighted by atomic mass is 16.5. The van der Waals surface area contributed by atoms with Gasteiger partial charge in [0, 0.05) is 23.9 Å². The number of ether oxygens (including phenoxy) is 1. The zero-order valence-corrected chi connectivity index (χ0v) is 22.3. The van der Waals surface area contributed by atoms with Crippen LogP contribution in [0.4, 0.5) is 0 Å². The summed E-state index contributed by atoms with van der Waals surface area (Å²) < 4.78 is 5.24. The van der Waals surface area contributed by atoms with Crippen LogP contribution in [0.3, 0.4) is 0 Å². The lowest BCUT2D eigenvalue weighted by molar-refractivity contribution is -0.116. The monoisotopic (exact) mass is 518 g/mol. The molecule has 1 amide bonds. The predicted molar refractivity (Wildman–Crippen MR) is 157 cm³/mol. The number of piperidine rings is 1. The van der Waals surface area contributed by atoms with Crippen molar-refractivity contribution in [2.75, 3.05) is 20.2 Å². The number of aromatic nitrogens is 2. The van der Waals surface area contributed by atoms with Crippen molar-refractivity contribution in [2.45, 2.75) is 38.3 Å². The molecule has 6 rings (SSSR count). The minimum absolute atomic E-state index is 0.0221. The number of carbonyl (C=O) groups excluding carboxylic acids is 1. The van der Waals surface area contributed by atoms with E-state index in [0.717, 1.165) is 51.2 Å². The molecule has 2 saturated heterocycles. The van der Waals surface area contributed by atoms with Crippen molar-refractivity contribution in [1.82, 2.24) is 20.4 Å². The Morgan fingerprint density at radius 3 is 2.49 bits per heavy atom. The largest absolute Gasteiger partial charge is 0.497 e. The summed E-state index contributed by atoms with van der Waals surface area (Å²) in [6.45, 7) is 3.46. The van der Waals surface area contributed by atoms with E-state index in [9.17, 15) is 4.79 Å². The highest BCUT2D eigenvalue weighted by Gasteiger charge is 2.27. The first-order valence-corrected chi connectivity index (χ1v) is 13.8. The number of carbonyl (C=O) groups is 1. The first-order chi connectivity index (χ1) is 19.1. The van der Waals surface area contributed by atoms with Gasteiger partial charge in [-0.3, -0.25) is 14.8 Å². The second-order valence-electron chi connectivity index (χ2n) is 10.5. The Balaban J connectivity index is 1.12. The van der Waals surface area contributed by atoms with Crippen molar-refractivity contribution in [1.29, 1.82) is 0 Å². The van der Waals surface area contributed by atoms with Gasteiger partial charge in [0.25, 0.3) is 0 Å². The summed E-state index contributed by atoms with van der Waals surface area (Å²) in [5, 5.41) is 11.8. The second kappa shape index (κ2) is 11.3. The molecule has 1 unspecified atom stereocenters. The number of H-pyrrole nitrogens is 1. The zero-order chi connectivity index (χ0) is 26.6. The number of nitrogens with zero attached hydrogens (tertiary/aromatic N) is 2. The van der Waals surface area contributed by atoms with Crippen LogP contribution in [0.1, 0.15) is 59.7 Å². The van der Waals surface area contributed by atoms with Crippen LogP contribution in [-0.4, -0.2) is 41.2 Å². The predicted octanol–water partition coefficient (Wildman–Crippen LogP) is 6.37. The number of aromatic amines is 1. The van der Waals surface area contributed by atoms with Crippen molar-refractivity contribution in [3.8, 4) is 5.75 Å². The van der Waals surface area contributed by atoms with E-state index >= 15 is 0 Å². The molecule has 2 fully saturated rings. The molecule has 4 aromatic rings. The summed E-state index contributed by atoms with van der Waals surface area (Å²) in [6.07, 6.45) is 10.8. The van der Waals surface area contributed by atoms with Crippen molar-refractivity contribution in [3.63, 3.8) is 0 Å². The van der Waals surface area contributed by atoms with Crippen LogP contribution in [0.25, 0.3) is 29.1 Å². The number of methoxy groups -OCH3 is 1. The van der Waals surface area contributed by atoms with Gasteiger partial charge in [-0.2, -0.15) is 5.10 Å². The van der Waals surface area contributed by atoms with Crippen LogP contribution in [0.5, 0.6) is 5.75 Å². The van der Waals surface area contributed by atoms with E-state index in [0.29, 0.717) is 6.42 Å². The number of hydrogen-bond donors (Lipinski definition) is 2. The summed E-state index contributed by atoms with van der Waals surface area (Å²) in [7, 11) is 1.65. The smallest absolute Gasteiger partial charge is 0.247 e. The highest BCUT2D eigenvalue weighted by Crippen LogP contribution is 2.30. The Labute approximate surface area is 229 Å². The SMILES string of the molecule is COc1ccc(C2C/C(=C\c3ccc4c(C=Cc5ccc(CN6CCCCC6)cc5)n[nH]c4c3)C(=O)N2)cc1. The lowest BCUT2D eigenvalue weighted by Crippen LogP contribution is -2.28. The molecule has 198 valence electrons. The van der Waals surface area contributed by atoms with Gasteiger partial charge >= 0.3 is 0 Å². The number of hydrogen-bond acceptors (Lipinski definition) is 4. The maximum Gasteiger partial charge on any atom is 0.247 e. The topological polar surface area (TPSA) is 70.2 Å². The molecule has 0 radical (unpaired) electrons. The minimum atomic E-state index is -0.0267. The van der Waals surface area contributed by atoms with Crippen molar-refractivity contribution in [2.24, 2.45) is 0 Å². The number of amides is 1. The molecule has 3 aromatic carbocycles. The third-order valence-electron chi connectivity index (χ3n) is 7.76. The van der Waals surface area contributed by atoms with Crippen LogP contribution in [-0.2, 0) is 11.3 Å².